The number of aryl methyl sites for hydroxylation is 1. The minimum absolute atomic E-state index is 0.158. The number of allylic oxidation sites excluding steroid dienone is 6. The SMILES string of the molecule is CC1=CC=CC=C(C(=O)CC2CCc3nc(C(N)=O)ccc3CC2C)C1C. The van der Waals surface area contributed by atoms with Gasteiger partial charge in [0.25, 0.3) is 5.91 Å². The molecule has 142 valence electrons. The van der Waals surface area contributed by atoms with Crippen LogP contribution in [0, 0.1) is 17.8 Å². The zero-order chi connectivity index (χ0) is 19.6. The normalized spacial score (nSPS) is 24.9. The van der Waals surface area contributed by atoms with Gasteiger partial charge in [0.1, 0.15) is 5.69 Å². The number of hydrogen-bond acceptors (Lipinski definition) is 3. The number of nitrogens with two attached hydrogens (primary N) is 1. The van der Waals surface area contributed by atoms with Crippen LogP contribution in [-0.4, -0.2) is 16.7 Å². The van der Waals surface area contributed by atoms with E-state index in [0.717, 1.165) is 30.5 Å². The molecule has 3 atom stereocenters. The number of carbonyl (C=O) groups excluding carboxylic acids is 2. The van der Waals surface area contributed by atoms with Gasteiger partial charge in [-0.1, -0.05) is 49.8 Å². The van der Waals surface area contributed by atoms with E-state index in [9.17, 15) is 9.59 Å². The highest BCUT2D eigenvalue weighted by molar-refractivity contribution is 5.97. The zero-order valence-corrected chi connectivity index (χ0v) is 16.4. The lowest BCUT2D eigenvalue weighted by Crippen LogP contribution is -2.20. The maximum absolute atomic E-state index is 13.0. The van der Waals surface area contributed by atoms with E-state index in [1.165, 1.54) is 11.1 Å². The lowest BCUT2D eigenvalue weighted by molar-refractivity contribution is -0.117. The zero-order valence-electron chi connectivity index (χ0n) is 16.4. The Morgan fingerprint density at radius 1 is 1.19 bits per heavy atom. The summed E-state index contributed by atoms with van der Waals surface area (Å²) < 4.78 is 0. The third-order valence-electron chi connectivity index (χ3n) is 6.08. The molecule has 0 bridgehead atoms. The Morgan fingerprint density at radius 3 is 2.67 bits per heavy atom. The second-order valence-corrected chi connectivity index (χ2v) is 7.91. The van der Waals surface area contributed by atoms with Crippen LogP contribution in [0.2, 0.25) is 0 Å². The van der Waals surface area contributed by atoms with Crippen LogP contribution in [0.4, 0.5) is 0 Å². The van der Waals surface area contributed by atoms with Crippen molar-refractivity contribution in [2.45, 2.75) is 46.5 Å². The fourth-order valence-corrected chi connectivity index (χ4v) is 4.08. The van der Waals surface area contributed by atoms with Gasteiger partial charge < -0.3 is 5.73 Å². The lowest BCUT2D eigenvalue weighted by Gasteiger charge is -2.23. The molecule has 0 saturated carbocycles. The summed E-state index contributed by atoms with van der Waals surface area (Å²) in [5.74, 6) is 0.618. The number of Topliss-reactive ketones (excluding diaryl/α,β-unsaturated/α-hetero) is 1. The summed E-state index contributed by atoms with van der Waals surface area (Å²) in [7, 11) is 0. The molecule has 0 spiro atoms. The molecule has 0 fully saturated rings. The smallest absolute Gasteiger partial charge is 0.267 e. The lowest BCUT2D eigenvalue weighted by atomic mass is 9.81. The summed E-state index contributed by atoms with van der Waals surface area (Å²) in [6, 6.07) is 3.68. The molecule has 1 aromatic heterocycles. The van der Waals surface area contributed by atoms with Gasteiger partial charge in [-0.25, -0.2) is 4.98 Å². The molecule has 2 N–H and O–H groups in total. The Labute approximate surface area is 161 Å². The van der Waals surface area contributed by atoms with E-state index in [0.29, 0.717) is 24.0 Å². The van der Waals surface area contributed by atoms with Crippen LogP contribution in [0.15, 0.2) is 47.6 Å². The van der Waals surface area contributed by atoms with Gasteiger partial charge in [-0.15, -0.1) is 0 Å². The van der Waals surface area contributed by atoms with Crippen molar-refractivity contribution in [2.24, 2.45) is 23.5 Å². The van der Waals surface area contributed by atoms with E-state index in [2.05, 4.69) is 31.8 Å². The van der Waals surface area contributed by atoms with Crippen molar-refractivity contribution in [3.63, 3.8) is 0 Å². The third-order valence-corrected chi connectivity index (χ3v) is 6.08. The third kappa shape index (κ3) is 4.26. The van der Waals surface area contributed by atoms with Crippen LogP contribution in [0.25, 0.3) is 0 Å². The topological polar surface area (TPSA) is 73.1 Å². The molecule has 0 aliphatic heterocycles. The van der Waals surface area contributed by atoms with Gasteiger partial charge in [0.05, 0.1) is 0 Å². The predicted molar refractivity (Wildman–Crippen MR) is 107 cm³/mol. The highest BCUT2D eigenvalue weighted by Gasteiger charge is 2.28. The van der Waals surface area contributed by atoms with Crippen LogP contribution < -0.4 is 5.73 Å². The molecule has 4 nitrogen and oxygen atoms in total. The summed E-state index contributed by atoms with van der Waals surface area (Å²) in [4.78, 5) is 28.9. The Kier molecular flexibility index (Phi) is 5.73. The van der Waals surface area contributed by atoms with E-state index >= 15 is 0 Å². The molecule has 2 aliphatic carbocycles. The molecule has 3 unspecified atom stereocenters. The molecule has 1 heterocycles. The summed E-state index contributed by atoms with van der Waals surface area (Å²) in [5, 5.41) is 0. The first-order valence-corrected chi connectivity index (χ1v) is 9.73. The standard InChI is InChI=1S/C23H28N2O2/c1-14-6-4-5-7-19(16(14)3)22(26)13-17-8-10-20-18(12-15(17)2)9-11-21(25-20)23(24)27/h4-7,9,11,15-17H,8,10,12-13H2,1-3H3,(H2,24,27). The van der Waals surface area contributed by atoms with Crippen LogP contribution >= 0.6 is 0 Å². The number of carbonyl (C=O) groups is 2. The molecule has 0 saturated heterocycles. The largest absolute Gasteiger partial charge is 0.364 e. The summed E-state index contributed by atoms with van der Waals surface area (Å²) >= 11 is 0. The van der Waals surface area contributed by atoms with Gasteiger partial charge in [-0.2, -0.15) is 0 Å². The maximum Gasteiger partial charge on any atom is 0.267 e. The number of hydrogen-bond donors (Lipinski definition) is 1. The van der Waals surface area contributed by atoms with Crippen molar-refractivity contribution in [1.82, 2.24) is 4.98 Å². The number of amides is 1. The predicted octanol–water partition coefficient (Wildman–Crippen LogP) is 3.96. The average molecular weight is 364 g/mol. The van der Waals surface area contributed by atoms with Crippen LogP contribution in [0.1, 0.15) is 55.4 Å². The van der Waals surface area contributed by atoms with E-state index < -0.39 is 5.91 Å². The Morgan fingerprint density at radius 2 is 1.93 bits per heavy atom. The van der Waals surface area contributed by atoms with Gasteiger partial charge in [-0.05, 0) is 49.7 Å². The fraction of sp³-hybridized carbons (Fsp3) is 0.435. The summed E-state index contributed by atoms with van der Waals surface area (Å²) in [6.07, 6.45) is 11.1. The quantitative estimate of drug-likeness (QED) is 0.822. The highest BCUT2D eigenvalue weighted by atomic mass is 16.1. The van der Waals surface area contributed by atoms with Crippen molar-refractivity contribution < 1.29 is 9.59 Å². The van der Waals surface area contributed by atoms with E-state index in [1.54, 1.807) is 6.07 Å². The first kappa shape index (κ1) is 19.3. The van der Waals surface area contributed by atoms with Gasteiger partial charge >= 0.3 is 0 Å². The number of pyridine rings is 1. The van der Waals surface area contributed by atoms with Crippen molar-refractivity contribution >= 4 is 11.7 Å². The fourth-order valence-electron chi connectivity index (χ4n) is 4.08. The molecule has 27 heavy (non-hydrogen) atoms. The van der Waals surface area contributed by atoms with Crippen molar-refractivity contribution in [2.75, 3.05) is 0 Å². The minimum atomic E-state index is -0.493. The van der Waals surface area contributed by atoms with Crippen molar-refractivity contribution in [3.05, 3.63) is 64.5 Å². The van der Waals surface area contributed by atoms with Crippen molar-refractivity contribution in [1.29, 1.82) is 0 Å². The van der Waals surface area contributed by atoms with Gasteiger partial charge in [0.2, 0.25) is 0 Å². The number of fused-ring (bicyclic) bond motifs is 1. The van der Waals surface area contributed by atoms with Crippen molar-refractivity contribution in [3.8, 4) is 0 Å². The van der Waals surface area contributed by atoms with E-state index in [4.69, 9.17) is 5.73 Å². The number of aromatic nitrogens is 1. The Hall–Kier alpha value is -2.49. The molecule has 4 heteroatoms. The Bertz CT molecular complexity index is 848. The van der Waals surface area contributed by atoms with E-state index in [1.807, 2.05) is 24.3 Å². The first-order chi connectivity index (χ1) is 12.9. The van der Waals surface area contributed by atoms with Crippen LogP contribution in [0.5, 0.6) is 0 Å². The number of primary amides is 1. The number of ketones is 1. The second-order valence-electron chi connectivity index (χ2n) is 7.91. The second kappa shape index (κ2) is 8.03. The first-order valence-electron chi connectivity index (χ1n) is 9.73. The Balaban J connectivity index is 1.74. The molecule has 0 aromatic carbocycles. The molecule has 0 radical (unpaired) electrons. The average Bonchev–Trinajstić information content (AvgIpc) is 2.89. The molecule has 1 amide bonds. The summed E-state index contributed by atoms with van der Waals surface area (Å²) in [6.45, 7) is 6.39. The van der Waals surface area contributed by atoms with Crippen LogP contribution in [0.3, 0.4) is 0 Å². The molecule has 3 rings (SSSR count). The number of rotatable bonds is 4. The minimum Gasteiger partial charge on any atom is -0.364 e. The summed E-state index contributed by atoms with van der Waals surface area (Å²) in [5.41, 5.74) is 9.93. The monoisotopic (exact) mass is 364 g/mol. The maximum atomic E-state index is 13.0. The van der Waals surface area contributed by atoms with Gasteiger partial charge in [0, 0.05) is 23.6 Å². The van der Waals surface area contributed by atoms with E-state index in [-0.39, 0.29) is 11.7 Å². The molecule has 2 aliphatic rings. The molecular formula is C23H28N2O2. The van der Waals surface area contributed by atoms with Gasteiger partial charge in [0.15, 0.2) is 5.78 Å². The highest BCUT2D eigenvalue weighted by Crippen LogP contribution is 2.33. The van der Waals surface area contributed by atoms with Crippen LogP contribution in [-0.2, 0) is 17.6 Å². The molecule has 1 aromatic rings. The number of nitrogens with zero attached hydrogens (tertiary/aromatic N) is 1. The van der Waals surface area contributed by atoms with Gasteiger partial charge in [-0.3, -0.25) is 9.59 Å². The molecular weight excluding hydrogens is 336 g/mol.